The summed E-state index contributed by atoms with van der Waals surface area (Å²) in [6.45, 7) is 3.61. The minimum atomic E-state index is -0.0197. The number of nitrogens with zero attached hydrogens (tertiary/aromatic N) is 5. The second kappa shape index (κ2) is 7.45. The average molecular weight is 341 g/mol. The number of fused-ring (bicyclic) bond motifs is 1. The fraction of sp³-hybridized carbons (Fsp3) is 0.353. The first kappa shape index (κ1) is 15.8. The quantitative estimate of drug-likeness (QED) is 0.668. The lowest BCUT2D eigenvalue weighted by Gasteiger charge is -2.31. The summed E-state index contributed by atoms with van der Waals surface area (Å²) in [6.07, 6.45) is 7.42. The summed E-state index contributed by atoms with van der Waals surface area (Å²) < 4.78 is 11.1. The molecule has 4 rings (SSSR count). The SMILES string of the molecule is C(=Cc1ccco1)CN1CCOC(COn2nnc3cccnc32)C1. The standard InChI is InChI=1S/C17H19N5O3/c1-6-16-17(18-7-1)22(20-19-16)25-13-15-12-21(9-11-24-15)8-2-4-14-5-3-10-23-14/h1-7,10,15H,8-9,11-13H2. The van der Waals surface area contributed by atoms with Crippen molar-refractivity contribution in [3.05, 3.63) is 48.6 Å². The molecule has 1 unspecified atom stereocenters. The molecule has 0 bridgehead atoms. The molecule has 130 valence electrons. The minimum absolute atomic E-state index is 0.0197. The molecule has 0 amide bonds. The van der Waals surface area contributed by atoms with Gasteiger partial charge in [0.15, 0.2) is 0 Å². The molecule has 0 radical (unpaired) electrons. The summed E-state index contributed by atoms with van der Waals surface area (Å²) in [5.41, 5.74) is 1.31. The Labute approximate surface area is 144 Å². The van der Waals surface area contributed by atoms with Crippen LogP contribution < -0.4 is 4.84 Å². The van der Waals surface area contributed by atoms with Gasteiger partial charge in [-0.1, -0.05) is 10.9 Å². The van der Waals surface area contributed by atoms with E-state index in [4.69, 9.17) is 14.0 Å². The summed E-state index contributed by atoms with van der Waals surface area (Å²) in [7, 11) is 0. The molecule has 1 saturated heterocycles. The number of pyridine rings is 1. The molecule has 3 aromatic heterocycles. The van der Waals surface area contributed by atoms with Gasteiger partial charge in [0, 0.05) is 25.8 Å². The van der Waals surface area contributed by atoms with Gasteiger partial charge in [0.2, 0.25) is 5.65 Å². The zero-order chi connectivity index (χ0) is 16.9. The summed E-state index contributed by atoms with van der Waals surface area (Å²) >= 11 is 0. The number of rotatable bonds is 6. The molecular weight excluding hydrogens is 322 g/mol. The third-order valence-corrected chi connectivity index (χ3v) is 3.98. The topological polar surface area (TPSA) is 78.4 Å². The maximum absolute atomic E-state index is 5.78. The van der Waals surface area contributed by atoms with Gasteiger partial charge in [-0.15, -0.1) is 5.10 Å². The van der Waals surface area contributed by atoms with E-state index in [1.54, 1.807) is 12.5 Å². The summed E-state index contributed by atoms with van der Waals surface area (Å²) in [6, 6.07) is 7.48. The van der Waals surface area contributed by atoms with Crippen LogP contribution in [0.25, 0.3) is 17.2 Å². The maximum Gasteiger partial charge on any atom is 0.219 e. The Morgan fingerprint density at radius 2 is 2.32 bits per heavy atom. The van der Waals surface area contributed by atoms with Crippen LogP contribution in [0.5, 0.6) is 0 Å². The number of ether oxygens (including phenoxy) is 1. The summed E-state index contributed by atoms with van der Waals surface area (Å²) in [5, 5.41) is 7.99. The molecule has 0 saturated carbocycles. The zero-order valence-electron chi connectivity index (χ0n) is 13.7. The van der Waals surface area contributed by atoms with Crippen molar-refractivity contribution in [1.82, 2.24) is 25.0 Å². The predicted octanol–water partition coefficient (Wildman–Crippen LogP) is 1.26. The van der Waals surface area contributed by atoms with Crippen LogP contribution in [-0.4, -0.2) is 64.0 Å². The Hall–Kier alpha value is -2.71. The lowest BCUT2D eigenvalue weighted by atomic mass is 10.2. The van der Waals surface area contributed by atoms with Crippen LogP contribution in [0.1, 0.15) is 5.76 Å². The Kier molecular flexibility index (Phi) is 4.71. The molecule has 0 aromatic carbocycles. The summed E-state index contributed by atoms with van der Waals surface area (Å²) in [5.74, 6) is 0.860. The van der Waals surface area contributed by atoms with E-state index in [1.165, 1.54) is 4.85 Å². The number of hydrogen-bond donors (Lipinski definition) is 0. The van der Waals surface area contributed by atoms with Crippen molar-refractivity contribution in [2.45, 2.75) is 6.10 Å². The van der Waals surface area contributed by atoms with Crippen LogP contribution in [0.4, 0.5) is 0 Å². The fourth-order valence-corrected chi connectivity index (χ4v) is 2.74. The number of morpholine rings is 1. The van der Waals surface area contributed by atoms with Gasteiger partial charge in [0.1, 0.15) is 24.0 Å². The van der Waals surface area contributed by atoms with E-state index in [1.807, 2.05) is 30.3 Å². The van der Waals surface area contributed by atoms with Crippen LogP contribution in [0.3, 0.4) is 0 Å². The molecule has 0 N–H and O–H groups in total. The first-order valence-electron chi connectivity index (χ1n) is 8.22. The van der Waals surface area contributed by atoms with Crippen molar-refractivity contribution in [3.8, 4) is 0 Å². The lowest BCUT2D eigenvalue weighted by molar-refractivity contribution is -0.0728. The highest BCUT2D eigenvalue weighted by Gasteiger charge is 2.21. The first-order valence-corrected chi connectivity index (χ1v) is 8.22. The van der Waals surface area contributed by atoms with Crippen molar-refractivity contribution >= 4 is 17.2 Å². The van der Waals surface area contributed by atoms with E-state index >= 15 is 0 Å². The molecule has 0 spiro atoms. The van der Waals surface area contributed by atoms with Crippen LogP contribution in [0, 0.1) is 0 Å². The molecule has 4 heterocycles. The lowest BCUT2D eigenvalue weighted by Crippen LogP contribution is -2.45. The fourth-order valence-electron chi connectivity index (χ4n) is 2.74. The Balaban J connectivity index is 1.29. The van der Waals surface area contributed by atoms with Gasteiger partial charge in [0.05, 0.1) is 12.9 Å². The largest absolute Gasteiger partial charge is 0.465 e. The smallest absolute Gasteiger partial charge is 0.219 e. The Bertz CT molecular complexity index is 830. The molecule has 0 aliphatic carbocycles. The van der Waals surface area contributed by atoms with Gasteiger partial charge in [0.25, 0.3) is 0 Å². The number of aromatic nitrogens is 4. The van der Waals surface area contributed by atoms with Crippen molar-refractivity contribution in [1.29, 1.82) is 0 Å². The van der Waals surface area contributed by atoms with Gasteiger partial charge < -0.3 is 14.0 Å². The van der Waals surface area contributed by atoms with Crippen molar-refractivity contribution in [2.75, 3.05) is 32.8 Å². The minimum Gasteiger partial charge on any atom is -0.465 e. The average Bonchev–Trinajstić information content (AvgIpc) is 3.30. The van der Waals surface area contributed by atoms with Gasteiger partial charge in [-0.2, -0.15) is 0 Å². The predicted molar refractivity (Wildman–Crippen MR) is 90.7 cm³/mol. The van der Waals surface area contributed by atoms with Crippen molar-refractivity contribution in [2.24, 2.45) is 0 Å². The highest BCUT2D eigenvalue weighted by Crippen LogP contribution is 2.08. The maximum atomic E-state index is 5.78. The monoisotopic (exact) mass is 341 g/mol. The second-order valence-electron chi connectivity index (χ2n) is 5.77. The van der Waals surface area contributed by atoms with Crippen LogP contribution in [0.2, 0.25) is 0 Å². The normalized spacial score (nSPS) is 19.0. The number of hydrogen-bond acceptors (Lipinski definition) is 7. The third-order valence-electron chi connectivity index (χ3n) is 3.98. The summed E-state index contributed by atoms with van der Waals surface area (Å²) in [4.78, 5) is 13.6. The van der Waals surface area contributed by atoms with E-state index in [0.29, 0.717) is 24.4 Å². The van der Waals surface area contributed by atoms with E-state index in [2.05, 4.69) is 26.3 Å². The van der Waals surface area contributed by atoms with Gasteiger partial charge >= 0.3 is 0 Å². The van der Waals surface area contributed by atoms with Crippen molar-refractivity contribution in [3.63, 3.8) is 0 Å². The van der Waals surface area contributed by atoms with Crippen LogP contribution >= 0.6 is 0 Å². The molecular formula is C17H19N5O3. The van der Waals surface area contributed by atoms with E-state index in [9.17, 15) is 0 Å². The Morgan fingerprint density at radius 1 is 1.32 bits per heavy atom. The zero-order valence-corrected chi connectivity index (χ0v) is 13.7. The highest BCUT2D eigenvalue weighted by atomic mass is 16.7. The van der Waals surface area contributed by atoms with Crippen molar-refractivity contribution < 1.29 is 14.0 Å². The van der Waals surface area contributed by atoms with Crippen LogP contribution in [-0.2, 0) is 4.74 Å². The number of furan rings is 1. The van der Waals surface area contributed by atoms with E-state index in [0.717, 1.165) is 25.4 Å². The molecule has 8 heteroatoms. The first-order chi connectivity index (χ1) is 12.4. The van der Waals surface area contributed by atoms with E-state index in [-0.39, 0.29) is 6.10 Å². The van der Waals surface area contributed by atoms with Crippen LogP contribution in [0.15, 0.2) is 47.2 Å². The molecule has 25 heavy (non-hydrogen) atoms. The van der Waals surface area contributed by atoms with Gasteiger partial charge in [-0.25, -0.2) is 4.98 Å². The Morgan fingerprint density at radius 3 is 3.24 bits per heavy atom. The molecule has 3 aromatic rings. The molecule has 1 atom stereocenters. The van der Waals surface area contributed by atoms with Gasteiger partial charge in [-0.05, 0) is 35.6 Å². The molecule has 8 nitrogen and oxygen atoms in total. The molecule has 1 aliphatic rings. The highest BCUT2D eigenvalue weighted by molar-refractivity contribution is 5.68. The second-order valence-corrected chi connectivity index (χ2v) is 5.77. The third kappa shape index (κ3) is 3.86. The van der Waals surface area contributed by atoms with E-state index < -0.39 is 0 Å². The molecule has 1 aliphatic heterocycles. The van der Waals surface area contributed by atoms with Gasteiger partial charge in [-0.3, -0.25) is 4.90 Å². The molecule has 1 fully saturated rings.